The number of benzene rings is 1. The van der Waals surface area contributed by atoms with Gasteiger partial charge >= 0.3 is 12.1 Å². The van der Waals surface area contributed by atoms with Crippen LogP contribution in [0.15, 0.2) is 18.2 Å². The van der Waals surface area contributed by atoms with E-state index in [0.717, 1.165) is 0 Å². The minimum Gasteiger partial charge on any atom is -0.336 e. The maximum absolute atomic E-state index is 12.3. The average molecular weight is 388 g/mol. The SMILES string of the molecule is CC(=O)Nc1ccc(CN2CC[C@H](NC(=O)C(F)(F)F)C2=O)cc1[N+](=O)[O-]. The molecule has 27 heavy (non-hydrogen) atoms. The Kier molecular flexibility index (Phi) is 5.66. The molecular formula is C15H15F3N4O5. The molecule has 0 radical (unpaired) electrons. The zero-order chi connectivity index (χ0) is 20.4. The molecule has 0 bridgehead atoms. The van der Waals surface area contributed by atoms with E-state index in [2.05, 4.69) is 5.32 Å². The van der Waals surface area contributed by atoms with Crippen molar-refractivity contribution in [2.75, 3.05) is 11.9 Å². The van der Waals surface area contributed by atoms with Crippen LogP contribution in [-0.4, -0.2) is 46.3 Å². The van der Waals surface area contributed by atoms with Crippen LogP contribution in [0.5, 0.6) is 0 Å². The lowest BCUT2D eigenvalue weighted by Gasteiger charge is -2.18. The summed E-state index contributed by atoms with van der Waals surface area (Å²) in [7, 11) is 0. The first-order valence-electron chi connectivity index (χ1n) is 7.70. The molecule has 1 fully saturated rings. The van der Waals surface area contributed by atoms with E-state index in [9.17, 15) is 37.7 Å². The van der Waals surface area contributed by atoms with E-state index in [0.29, 0.717) is 5.56 Å². The summed E-state index contributed by atoms with van der Waals surface area (Å²) in [5.41, 5.74) is -0.0393. The predicted octanol–water partition coefficient (Wildman–Crippen LogP) is 1.33. The fourth-order valence-corrected chi connectivity index (χ4v) is 2.61. The number of hydrogen-bond acceptors (Lipinski definition) is 5. The summed E-state index contributed by atoms with van der Waals surface area (Å²) < 4.78 is 36.9. The number of nitrogens with zero attached hydrogens (tertiary/aromatic N) is 2. The molecule has 9 nitrogen and oxygen atoms in total. The van der Waals surface area contributed by atoms with E-state index < -0.39 is 34.9 Å². The monoisotopic (exact) mass is 388 g/mol. The van der Waals surface area contributed by atoms with Crippen LogP contribution in [0.1, 0.15) is 18.9 Å². The normalized spacial score (nSPS) is 17.0. The van der Waals surface area contributed by atoms with Gasteiger partial charge in [-0.15, -0.1) is 0 Å². The van der Waals surface area contributed by atoms with Crippen molar-refractivity contribution >= 4 is 29.1 Å². The first-order chi connectivity index (χ1) is 12.5. The zero-order valence-corrected chi connectivity index (χ0v) is 14.0. The van der Waals surface area contributed by atoms with E-state index in [1.54, 1.807) is 5.32 Å². The topological polar surface area (TPSA) is 122 Å². The summed E-state index contributed by atoms with van der Waals surface area (Å²) in [5, 5.41) is 15.1. The number of anilines is 1. The van der Waals surface area contributed by atoms with Gasteiger partial charge in [0.25, 0.3) is 5.69 Å². The summed E-state index contributed by atoms with van der Waals surface area (Å²) >= 11 is 0. The highest BCUT2D eigenvalue weighted by molar-refractivity contribution is 5.92. The fourth-order valence-electron chi connectivity index (χ4n) is 2.61. The molecule has 3 amide bonds. The van der Waals surface area contributed by atoms with E-state index >= 15 is 0 Å². The number of nitro groups is 1. The summed E-state index contributed by atoms with van der Waals surface area (Å²) in [6.45, 7) is 1.19. The second-order valence-corrected chi connectivity index (χ2v) is 5.86. The maximum Gasteiger partial charge on any atom is 0.471 e. The van der Waals surface area contributed by atoms with Gasteiger partial charge < -0.3 is 15.5 Å². The third-order valence-electron chi connectivity index (χ3n) is 3.80. The Hall–Kier alpha value is -3.18. The Balaban J connectivity index is 2.10. The molecular weight excluding hydrogens is 373 g/mol. The van der Waals surface area contributed by atoms with Crippen LogP contribution in [0.25, 0.3) is 0 Å². The lowest BCUT2D eigenvalue weighted by molar-refractivity contribution is -0.384. The van der Waals surface area contributed by atoms with Crippen molar-refractivity contribution in [3.05, 3.63) is 33.9 Å². The molecule has 2 rings (SSSR count). The van der Waals surface area contributed by atoms with E-state index in [-0.39, 0.29) is 30.9 Å². The third kappa shape index (κ3) is 4.92. The van der Waals surface area contributed by atoms with E-state index in [1.165, 1.54) is 30.0 Å². The minimum absolute atomic E-state index is 0.00722. The van der Waals surface area contributed by atoms with Gasteiger partial charge in [-0.05, 0) is 18.1 Å². The van der Waals surface area contributed by atoms with E-state index in [4.69, 9.17) is 0 Å². The fraction of sp³-hybridized carbons (Fsp3) is 0.400. The standard InChI is InChI=1S/C15H15F3N4O5/c1-8(23)19-10-3-2-9(6-12(10)22(26)27)7-21-5-4-11(13(21)24)20-14(25)15(16,17)18/h2-3,6,11H,4-5,7H2,1H3,(H,19,23)(H,20,25)/t11-/m0/s1. The molecule has 1 saturated heterocycles. The van der Waals surface area contributed by atoms with Crippen molar-refractivity contribution in [1.29, 1.82) is 0 Å². The van der Waals surface area contributed by atoms with Crippen LogP contribution in [0.2, 0.25) is 0 Å². The number of likely N-dealkylation sites (tertiary alicyclic amines) is 1. The van der Waals surface area contributed by atoms with Crippen LogP contribution in [0.4, 0.5) is 24.5 Å². The van der Waals surface area contributed by atoms with Gasteiger partial charge in [0.1, 0.15) is 11.7 Å². The first-order valence-corrected chi connectivity index (χ1v) is 7.70. The van der Waals surface area contributed by atoms with Gasteiger partial charge in [-0.2, -0.15) is 13.2 Å². The van der Waals surface area contributed by atoms with Crippen molar-refractivity contribution in [3.63, 3.8) is 0 Å². The number of carbonyl (C=O) groups excluding carboxylic acids is 3. The Bertz CT molecular complexity index is 796. The summed E-state index contributed by atoms with van der Waals surface area (Å²) in [5.74, 6) is -3.40. The van der Waals surface area contributed by atoms with Crippen molar-refractivity contribution in [2.45, 2.75) is 32.1 Å². The van der Waals surface area contributed by atoms with Crippen LogP contribution in [0.3, 0.4) is 0 Å². The van der Waals surface area contributed by atoms with Crippen molar-refractivity contribution in [1.82, 2.24) is 10.2 Å². The van der Waals surface area contributed by atoms with E-state index in [1.807, 2.05) is 0 Å². The van der Waals surface area contributed by atoms with Crippen molar-refractivity contribution < 1.29 is 32.5 Å². The number of nitrogens with one attached hydrogen (secondary N) is 2. The first kappa shape index (κ1) is 20.1. The summed E-state index contributed by atoms with van der Waals surface area (Å²) in [4.78, 5) is 45.8. The largest absolute Gasteiger partial charge is 0.471 e. The molecule has 2 N–H and O–H groups in total. The van der Waals surface area contributed by atoms with Gasteiger partial charge in [-0.1, -0.05) is 6.07 Å². The summed E-state index contributed by atoms with van der Waals surface area (Å²) in [6.07, 6.45) is -5.10. The molecule has 1 aliphatic heterocycles. The zero-order valence-electron chi connectivity index (χ0n) is 14.0. The van der Waals surface area contributed by atoms with Crippen LogP contribution in [0, 0.1) is 10.1 Å². The smallest absolute Gasteiger partial charge is 0.336 e. The Morgan fingerprint density at radius 3 is 2.59 bits per heavy atom. The molecule has 1 aromatic rings. The lowest BCUT2D eigenvalue weighted by atomic mass is 10.1. The molecule has 1 aliphatic rings. The summed E-state index contributed by atoms with van der Waals surface area (Å²) in [6, 6.07) is 2.62. The molecule has 0 unspecified atom stereocenters. The Morgan fingerprint density at radius 1 is 1.37 bits per heavy atom. The van der Waals surface area contributed by atoms with Gasteiger partial charge in [0, 0.05) is 26.1 Å². The molecule has 1 atom stereocenters. The van der Waals surface area contributed by atoms with Crippen LogP contribution >= 0.6 is 0 Å². The average Bonchev–Trinajstić information content (AvgIpc) is 2.88. The molecule has 0 saturated carbocycles. The molecule has 1 aromatic carbocycles. The van der Waals surface area contributed by atoms with Gasteiger partial charge in [0.2, 0.25) is 11.8 Å². The van der Waals surface area contributed by atoms with Gasteiger partial charge in [0.15, 0.2) is 0 Å². The quantitative estimate of drug-likeness (QED) is 0.582. The molecule has 0 aromatic heterocycles. The third-order valence-corrected chi connectivity index (χ3v) is 3.80. The molecule has 0 spiro atoms. The number of halogens is 3. The number of nitro benzene ring substituents is 1. The highest BCUT2D eigenvalue weighted by atomic mass is 19.4. The Labute approximate surface area is 150 Å². The number of carbonyl (C=O) groups is 3. The van der Waals surface area contributed by atoms with Crippen LogP contribution in [-0.2, 0) is 20.9 Å². The van der Waals surface area contributed by atoms with Gasteiger partial charge in [-0.3, -0.25) is 24.5 Å². The molecule has 146 valence electrons. The van der Waals surface area contributed by atoms with Gasteiger partial charge in [0.05, 0.1) is 4.92 Å². The number of rotatable bonds is 5. The Morgan fingerprint density at radius 2 is 2.04 bits per heavy atom. The molecule has 0 aliphatic carbocycles. The minimum atomic E-state index is -5.09. The maximum atomic E-state index is 12.3. The van der Waals surface area contributed by atoms with Crippen LogP contribution < -0.4 is 10.6 Å². The number of hydrogen-bond donors (Lipinski definition) is 2. The van der Waals surface area contributed by atoms with Crippen molar-refractivity contribution in [3.8, 4) is 0 Å². The second kappa shape index (κ2) is 7.60. The number of alkyl halides is 3. The van der Waals surface area contributed by atoms with Gasteiger partial charge in [-0.25, -0.2) is 0 Å². The highest BCUT2D eigenvalue weighted by Gasteiger charge is 2.42. The highest BCUT2D eigenvalue weighted by Crippen LogP contribution is 2.27. The number of amides is 3. The second-order valence-electron chi connectivity index (χ2n) is 5.86. The predicted molar refractivity (Wildman–Crippen MR) is 85.4 cm³/mol. The molecule has 12 heteroatoms. The molecule has 1 heterocycles. The van der Waals surface area contributed by atoms with Crippen molar-refractivity contribution in [2.24, 2.45) is 0 Å². The lowest BCUT2D eigenvalue weighted by Crippen LogP contribution is -2.46.